The largest absolute Gasteiger partial charge is 0.481 e. The van der Waals surface area contributed by atoms with E-state index in [-0.39, 0.29) is 6.42 Å². The summed E-state index contributed by atoms with van der Waals surface area (Å²) in [4.78, 5) is 92.7. The van der Waals surface area contributed by atoms with Crippen LogP contribution in [0.4, 0.5) is 0 Å². The van der Waals surface area contributed by atoms with Gasteiger partial charge in [0, 0.05) is 25.7 Å². The van der Waals surface area contributed by atoms with Crippen LogP contribution in [0.25, 0.3) is 0 Å². The minimum absolute atomic E-state index is 0.287. The van der Waals surface area contributed by atoms with Crippen molar-refractivity contribution >= 4 is 47.5 Å². The van der Waals surface area contributed by atoms with E-state index in [9.17, 15) is 43.5 Å². The smallest absolute Gasteiger partial charge is 0.326 e. The average Bonchev–Trinajstić information content (AvgIpc) is 2.79. The van der Waals surface area contributed by atoms with Gasteiger partial charge in [-0.15, -0.1) is 0 Å². The number of hydrogen-bond donors (Lipinski definition) is 9. The lowest BCUT2D eigenvalue weighted by atomic mass is 10.0. The first-order chi connectivity index (χ1) is 17.1. The summed E-state index contributed by atoms with van der Waals surface area (Å²) >= 11 is 0. The highest BCUT2D eigenvalue weighted by molar-refractivity contribution is 5.94. The van der Waals surface area contributed by atoms with Crippen LogP contribution in [0.15, 0.2) is 0 Å². The highest BCUT2D eigenvalue weighted by Crippen LogP contribution is 2.06. The molecule has 37 heavy (non-hydrogen) atoms. The number of carboxylic acid groups (broad SMARTS) is 4. The summed E-state index contributed by atoms with van der Waals surface area (Å²) in [5.41, 5.74) is 10.7. The molecule has 0 aromatic heterocycles. The number of rotatable bonds is 19. The van der Waals surface area contributed by atoms with E-state index in [0.29, 0.717) is 0 Å². The van der Waals surface area contributed by atoms with E-state index < -0.39 is 117 Å². The topological polar surface area (TPSA) is 306 Å². The van der Waals surface area contributed by atoms with Crippen molar-refractivity contribution in [3.05, 3.63) is 0 Å². The molecule has 17 heteroatoms. The van der Waals surface area contributed by atoms with Gasteiger partial charge in [0.2, 0.25) is 23.6 Å². The molecule has 0 spiro atoms. The number of amides is 4. The van der Waals surface area contributed by atoms with Crippen LogP contribution in [0, 0.1) is 0 Å². The summed E-state index contributed by atoms with van der Waals surface area (Å²) in [7, 11) is 0. The van der Waals surface area contributed by atoms with Crippen molar-refractivity contribution in [2.45, 2.75) is 75.5 Å². The minimum Gasteiger partial charge on any atom is -0.481 e. The quantitative estimate of drug-likeness (QED) is 0.0787. The van der Waals surface area contributed by atoms with Gasteiger partial charge < -0.3 is 47.8 Å². The zero-order valence-corrected chi connectivity index (χ0v) is 19.7. The molecule has 0 aliphatic carbocycles. The number of carbonyl (C=O) groups excluding carboxylic acids is 4. The number of carbonyl (C=O) groups is 8. The molecule has 0 radical (unpaired) electrons. The molecule has 0 heterocycles. The third kappa shape index (κ3) is 14.7. The first-order valence-corrected chi connectivity index (χ1v) is 11.0. The Balaban J connectivity index is 5.64. The van der Waals surface area contributed by atoms with Crippen LogP contribution in [0.2, 0.25) is 0 Å². The molecule has 0 bridgehead atoms. The first-order valence-electron chi connectivity index (χ1n) is 11.0. The van der Waals surface area contributed by atoms with Crippen LogP contribution in [-0.2, 0) is 38.4 Å². The Morgan fingerprint density at radius 3 is 1.30 bits per heavy atom. The van der Waals surface area contributed by atoms with Crippen LogP contribution in [-0.4, -0.2) is 92.1 Å². The third-order valence-electron chi connectivity index (χ3n) is 4.86. The van der Waals surface area contributed by atoms with Crippen molar-refractivity contribution < 1.29 is 58.8 Å². The lowest BCUT2D eigenvalue weighted by molar-refractivity contribution is -0.143. The van der Waals surface area contributed by atoms with Gasteiger partial charge in [-0.25, -0.2) is 4.79 Å². The maximum absolute atomic E-state index is 12.8. The summed E-state index contributed by atoms with van der Waals surface area (Å²) in [6.45, 7) is 0. The van der Waals surface area contributed by atoms with Gasteiger partial charge in [-0.3, -0.25) is 33.6 Å². The Morgan fingerprint density at radius 2 is 0.892 bits per heavy atom. The van der Waals surface area contributed by atoms with Gasteiger partial charge >= 0.3 is 23.9 Å². The Bertz CT molecular complexity index is 893. The second-order valence-electron chi connectivity index (χ2n) is 7.93. The summed E-state index contributed by atoms with van der Waals surface area (Å²) in [5.74, 6) is -9.45. The van der Waals surface area contributed by atoms with E-state index in [0.717, 1.165) is 0 Å². The minimum atomic E-state index is -1.65. The van der Waals surface area contributed by atoms with Crippen molar-refractivity contribution in [2.75, 3.05) is 0 Å². The number of nitrogens with two attached hydrogens (primary N) is 2. The molecule has 0 aliphatic rings. The summed E-state index contributed by atoms with van der Waals surface area (Å²) in [6.07, 6.45) is -3.73. The molecular weight excluding hydrogens is 502 g/mol. The Hall–Kier alpha value is -4.28. The second-order valence-corrected chi connectivity index (χ2v) is 7.93. The number of aliphatic carboxylic acids is 4. The molecule has 4 unspecified atom stereocenters. The maximum Gasteiger partial charge on any atom is 0.326 e. The molecule has 17 nitrogen and oxygen atoms in total. The van der Waals surface area contributed by atoms with E-state index in [1.807, 2.05) is 0 Å². The molecule has 0 aromatic carbocycles. The molecule has 0 saturated heterocycles. The molecule has 4 amide bonds. The molecule has 0 aromatic rings. The molecule has 208 valence electrons. The van der Waals surface area contributed by atoms with Gasteiger partial charge in [-0.1, -0.05) is 0 Å². The van der Waals surface area contributed by atoms with Crippen LogP contribution < -0.4 is 27.4 Å². The van der Waals surface area contributed by atoms with Crippen LogP contribution in [0.3, 0.4) is 0 Å². The van der Waals surface area contributed by atoms with Gasteiger partial charge in [-0.2, -0.15) is 0 Å². The van der Waals surface area contributed by atoms with Gasteiger partial charge in [-0.05, 0) is 25.7 Å². The molecule has 0 aliphatic heterocycles. The predicted octanol–water partition coefficient (Wildman–Crippen LogP) is -3.29. The zero-order chi connectivity index (χ0) is 28.7. The summed E-state index contributed by atoms with van der Waals surface area (Å²) in [5, 5.41) is 42.0. The Morgan fingerprint density at radius 1 is 0.541 bits per heavy atom. The highest BCUT2D eigenvalue weighted by atomic mass is 16.4. The standard InChI is InChI=1S/C20H31N5O12/c21-9(1-6-14(27)28)17(33)23-11(3-7-15(29)30)18(34)24-10(2-5-13(22)26)19(35)25-12(20(36)37)4-8-16(31)32/h9-12H,1-8,21H2,(H2,22,26)(H,23,33)(H,24,34)(H,25,35)(H,27,28)(H,29,30)(H,31,32)(H,36,37). The zero-order valence-electron chi connectivity index (χ0n) is 19.7. The van der Waals surface area contributed by atoms with E-state index in [2.05, 4.69) is 16.0 Å². The van der Waals surface area contributed by atoms with E-state index in [4.69, 9.17) is 26.8 Å². The van der Waals surface area contributed by atoms with Crippen molar-refractivity contribution in [1.29, 1.82) is 0 Å². The SMILES string of the molecule is NC(=O)CCC(NC(=O)C(CCC(=O)O)NC(=O)C(N)CCC(=O)O)C(=O)NC(CCC(=O)O)C(=O)O. The Labute approximate surface area is 209 Å². The van der Waals surface area contributed by atoms with Crippen molar-refractivity contribution in [3.63, 3.8) is 0 Å². The molecule has 0 saturated carbocycles. The number of carboxylic acids is 4. The third-order valence-corrected chi connectivity index (χ3v) is 4.86. The summed E-state index contributed by atoms with van der Waals surface area (Å²) < 4.78 is 0. The fourth-order valence-electron chi connectivity index (χ4n) is 2.85. The fraction of sp³-hybridized carbons (Fsp3) is 0.600. The monoisotopic (exact) mass is 533 g/mol. The van der Waals surface area contributed by atoms with Crippen molar-refractivity contribution in [1.82, 2.24) is 16.0 Å². The molecule has 4 atom stereocenters. The fourth-order valence-corrected chi connectivity index (χ4v) is 2.85. The van der Waals surface area contributed by atoms with Gasteiger partial charge in [0.05, 0.1) is 6.04 Å². The highest BCUT2D eigenvalue weighted by Gasteiger charge is 2.31. The van der Waals surface area contributed by atoms with Crippen molar-refractivity contribution in [3.8, 4) is 0 Å². The van der Waals surface area contributed by atoms with E-state index in [1.165, 1.54) is 0 Å². The van der Waals surface area contributed by atoms with Crippen molar-refractivity contribution in [2.24, 2.45) is 11.5 Å². The van der Waals surface area contributed by atoms with Gasteiger partial charge in [0.15, 0.2) is 0 Å². The molecule has 11 N–H and O–H groups in total. The average molecular weight is 533 g/mol. The normalized spacial score (nSPS) is 13.8. The lowest BCUT2D eigenvalue weighted by Gasteiger charge is -2.25. The number of nitrogens with one attached hydrogen (secondary N) is 3. The summed E-state index contributed by atoms with van der Waals surface area (Å²) in [6, 6.07) is -6.12. The first kappa shape index (κ1) is 32.7. The molecular formula is C20H31N5O12. The molecule has 0 fully saturated rings. The second kappa shape index (κ2) is 16.4. The Kier molecular flexibility index (Phi) is 14.5. The predicted molar refractivity (Wildman–Crippen MR) is 120 cm³/mol. The number of primary amides is 1. The lowest BCUT2D eigenvalue weighted by Crippen LogP contribution is -2.57. The van der Waals surface area contributed by atoms with Gasteiger partial charge in [0.1, 0.15) is 18.1 Å². The van der Waals surface area contributed by atoms with Gasteiger partial charge in [0.25, 0.3) is 0 Å². The van der Waals surface area contributed by atoms with Crippen LogP contribution in [0.1, 0.15) is 51.4 Å². The van der Waals surface area contributed by atoms with E-state index >= 15 is 0 Å². The number of hydrogen-bond acceptors (Lipinski definition) is 9. The molecule has 0 rings (SSSR count). The van der Waals surface area contributed by atoms with E-state index in [1.54, 1.807) is 0 Å². The van der Waals surface area contributed by atoms with Crippen LogP contribution >= 0.6 is 0 Å². The van der Waals surface area contributed by atoms with Crippen LogP contribution in [0.5, 0.6) is 0 Å². The maximum atomic E-state index is 12.8.